The fourth-order valence-electron chi connectivity index (χ4n) is 2.11. The van der Waals surface area contributed by atoms with Crippen molar-refractivity contribution in [2.75, 3.05) is 13.1 Å². The Hall–Kier alpha value is -0.980. The number of rotatable bonds is 8. The van der Waals surface area contributed by atoms with Crippen molar-refractivity contribution in [1.82, 2.24) is 14.6 Å². The molecule has 1 N–H and O–H groups in total. The second-order valence-electron chi connectivity index (χ2n) is 5.94. The zero-order valence-corrected chi connectivity index (χ0v) is 13.9. The predicted molar refractivity (Wildman–Crippen MR) is 83.4 cm³/mol. The molecular formula is C15H25N3O2S. The molecular weight excluding hydrogens is 286 g/mol. The van der Waals surface area contributed by atoms with E-state index < -0.39 is 10.0 Å². The van der Waals surface area contributed by atoms with Crippen LogP contribution < -0.4 is 5.32 Å². The Morgan fingerprint density at radius 1 is 1.38 bits per heavy atom. The molecule has 1 aliphatic carbocycles. The Kier molecular flexibility index (Phi) is 5.35. The van der Waals surface area contributed by atoms with E-state index in [-0.39, 0.29) is 5.03 Å². The van der Waals surface area contributed by atoms with E-state index >= 15 is 0 Å². The maximum absolute atomic E-state index is 12.6. The Morgan fingerprint density at radius 2 is 2.10 bits per heavy atom. The summed E-state index contributed by atoms with van der Waals surface area (Å²) in [6, 6.07) is 3.84. The zero-order valence-electron chi connectivity index (χ0n) is 13.0. The van der Waals surface area contributed by atoms with E-state index in [1.54, 1.807) is 16.6 Å². The average Bonchev–Trinajstić information content (AvgIpc) is 3.26. The van der Waals surface area contributed by atoms with Crippen molar-refractivity contribution in [3.05, 3.63) is 23.9 Å². The van der Waals surface area contributed by atoms with Crippen molar-refractivity contribution in [2.24, 2.45) is 5.92 Å². The van der Waals surface area contributed by atoms with Gasteiger partial charge in [0.1, 0.15) is 0 Å². The van der Waals surface area contributed by atoms with E-state index in [0.717, 1.165) is 18.4 Å². The van der Waals surface area contributed by atoms with Gasteiger partial charge in [0.15, 0.2) is 5.03 Å². The topological polar surface area (TPSA) is 62.3 Å². The van der Waals surface area contributed by atoms with Crippen LogP contribution in [0.4, 0.5) is 0 Å². The summed E-state index contributed by atoms with van der Waals surface area (Å²) in [4.78, 5) is 4.16. The summed E-state index contributed by atoms with van der Waals surface area (Å²) >= 11 is 0. The van der Waals surface area contributed by atoms with Crippen LogP contribution >= 0.6 is 0 Å². The predicted octanol–water partition coefficient (Wildman–Crippen LogP) is 2.00. The fourth-order valence-corrected chi connectivity index (χ4v) is 3.55. The molecule has 0 aliphatic heterocycles. The molecule has 1 aromatic rings. The number of nitrogens with one attached hydrogen (secondary N) is 1. The smallest absolute Gasteiger partial charge is 0.260 e. The van der Waals surface area contributed by atoms with Gasteiger partial charge in [-0.2, -0.15) is 4.31 Å². The van der Waals surface area contributed by atoms with Gasteiger partial charge in [-0.05, 0) is 30.4 Å². The molecule has 0 unspecified atom stereocenters. The molecule has 21 heavy (non-hydrogen) atoms. The van der Waals surface area contributed by atoms with E-state index in [2.05, 4.69) is 24.1 Å². The van der Waals surface area contributed by atoms with Crippen LogP contribution in [0.1, 0.15) is 39.2 Å². The molecule has 2 rings (SSSR count). The quantitative estimate of drug-likeness (QED) is 0.797. The number of hydrogen-bond acceptors (Lipinski definition) is 4. The van der Waals surface area contributed by atoms with E-state index in [4.69, 9.17) is 0 Å². The highest BCUT2D eigenvalue weighted by atomic mass is 32.2. The van der Waals surface area contributed by atoms with Crippen LogP contribution in [-0.4, -0.2) is 36.8 Å². The van der Waals surface area contributed by atoms with Gasteiger partial charge in [-0.3, -0.25) is 0 Å². The minimum absolute atomic E-state index is 0.151. The number of hydrogen-bond donors (Lipinski definition) is 1. The summed E-state index contributed by atoms with van der Waals surface area (Å²) in [5.41, 5.74) is 0.993. The van der Waals surface area contributed by atoms with Gasteiger partial charge in [0.2, 0.25) is 0 Å². The molecule has 1 aromatic heterocycles. The van der Waals surface area contributed by atoms with E-state index in [0.29, 0.717) is 31.6 Å². The third kappa shape index (κ3) is 4.49. The van der Waals surface area contributed by atoms with Crippen LogP contribution in [0.2, 0.25) is 0 Å². The molecule has 0 radical (unpaired) electrons. The van der Waals surface area contributed by atoms with Crippen molar-refractivity contribution >= 4 is 10.0 Å². The van der Waals surface area contributed by atoms with E-state index in [1.807, 2.05) is 13.0 Å². The average molecular weight is 311 g/mol. The largest absolute Gasteiger partial charge is 0.310 e. The third-order valence-corrected chi connectivity index (χ3v) is 5.48. The molecule has 0 atom stereocenters. The maximum Gasteiger partial charge on any atom is 0.260 e. The number of pyridine rings is 1. The normalized spacial score (nSPS) is 15.9. The first-order chi connectivity index (χ1) is 9.93. The van der Waals surface area contributed by atoms with Gasteiger partial charge in [0.25, 0.3) is 10.0 Å². The first-order valence-corrected chi connectivity index (χ1v) is 9.06. The first-order valence-electron chi connectivity index (χ1n) is 7.62. The van der Waals surface area contributed by atoms with Crippen LogP contribution in [-0.2, 0) is 16.6 Å². The zero-order chi connectivity index (χ0) is 15.5. The maximum atomic E-state index is 12.6. The summed E-state index contributed by atoms with van der Waals surface area (Å²) in [7, 11) is -3.45. The molecule has 1 aliphatic rings. The fraction of sp³-hybridized carbons (Fsp3) is 0.667. The van der Waals surface area contributed by atoms with Crippen molar-refractivity contribution in [1.29, 1.82) is 0 Å². The lowest BCUT2D eigenvalue weighted by Gasteiger charge is -2.19. The number of nitrogens with zero attached hydrogens (tertiary/aromatic N) is 2. The summed E-state index contributed by atoms with van der Waals surface area (Å²) in [6.45, 7) is 7.84. The Labute approximate surface area is 127 Å². The molecule has 0 aromatic carbocycles. The molecule has 0 saturated heterocycles. The second kappa shape index (κ2) is 6.85. The highest BCUT2D eigenvalue weighted by Crippen LogP contribution is 2.31. The van der Waals surface area contributed by atoms with Gasteiger partial charge in [-0.15, -0.1) is 0 Å². The standard InChI is InChI=1S/C15H25N3O2S/c1-4-18(11-13-5-6-13)21(19,20)15-8-7-14(10-17-15)9-16-12(2)3/h7-8,10,12-13,16H,4-6,9,11H2,1-3H3. The van der Waals surface area contributed by atoms with Crippen LogP contribution in [0.3, 0.4) is 0 Å². The SMILES string of the molecule is CCN(CC1CC1)S(=O)(=O)c1ccc(CNC(C)C)cn1. The lowest BCUT2D eigenvalue weighted by Crippen LogP contribution is -2.33. The van der Waals surface area contributed by atoms with Crippen molar-refractivity contribution < 1.29 is 8.42 Å². The van der Waals surface area contributed by atoms with Crippen LogP contribution in [0.25, 0.3) is 0 Å². The molecule has 0 spiro atoms. The molecule has 5 nitrogen and oxygen atoms in total. The minimum Gasteiger partial charge on any atom is -0.310 e. The van der Waals surface area contributed by atoms with Crippen LogP contribution in [0, 0.1) is 5.92 Å². The molecule has 1 heterocycles. The highest BCUT2D eigenvalue weighted by molar-refractivity contribution is 7.89. The number of sulfonamides is 1. The lowest BCUT2D eigenvalue weighted by atomic mass is 10.2. The van der Waals surface area contributed by atoms with Gasteiger partial charge in [-0.25, -0.2) is 13.4 Å². The second-order valence-corrected chi connectivity index (χ2v) is 7.82. The van der Waals surface area contributed by atoms with Crippen molar-refractivity contribution in [3.63, 3.8) is 0 Å². The Morgan fingerprint density at radius 3 is 2.57 bits per heavy atom. The summed E-state index contributed by atoms with van der Waals surface area (Å²) in [6.07, 6.45) is 3.92. The van der Waals surface area contributed by atoms with Gasteiger partial charge in [0.05, 0.1) is 0 Å². The molecule has 6 heteroatoms. The van der Waals surface area contributed by atoms with Crippen molar-refractivity contribution in [2.45, 2.75) is 51.2 Å². The lowest BCUT2D eigenvalue weighted by molar-refractivity contribution is 0.410. The van der Waals surface area contributed by atoms with Gasteiger partial charge >= 0.3 is 0 Å². The van der Waals surface area contributed by atoms with Crippen LogP contribution in [0.15, 0.2) is 23.4 Å². The summed E-state index contributed by atoms with van der Waals surface area (Å²) < 4.78 is 26.6. The van der Waals surface area contributed by atoms with Gasteiger partial charge in [-0.1, -0.05) is 26.8 Å². The minimum atomic E-state index is -3.45. The molecule has 1 saturated carbocycles. The molecule has 1 fully saturated rings. The van der Waals surface area contributed by atoms with Crippen molar-refractivity contribution in [3.8, 4) is 0 Å². The van der Waals surface area contributed by atoms with Gasteiger partial charge < -0.3 is 5.32 Å². The highest BCUT2D eigenvalue weighted by Gasteiger charge is 2.31. The first kappa shape index (κ1) is 16.4. The molecule has 118 valence electrons. The van der Waals surface area contributed by atoms with E-state index in [9.17, 15) is 8.42 Å². The molecule has 0 bridgehead atoms. The van der Waals surface area contributed by atoms with E-state index in [1.165, 1.54) is 0 Å². The third-order valence-electron chi connectivity index (χ3n) is 3.63. The Balaban J connectivity index is 2.08. The van der Waals surface area contributed by atoms with Crippen LogP contribution in [0.5, 0.6) is 0 Å². The Bertz CT molecular complexity index is 551. The monoisotopic (exact) mass is 311 g/mol. The molecule has 0 amide bonds. The summed E-state index contributed by atoms with van der Waals surface area (Å²) in [5.74, 6) is 0.536. The van der Waals surface area contributed by atoms with Gasteiger partial charge in [0, 0.05) is 31.9 Å². The summed E-state index contributed by atoms with van der Waals surface area (Å²) in [5, 5.41) is 3.44. The number of aromatic nitrogens is 1.